The van der Waals surface area contributed by atoms with Crippen LogP contribution < -0.4 is 0 Å². The van der Waals surface area contributed by atoms with E-state index in [0.717, 1.165) is 25.7 Å². The van der Waals surface area contributed by atoms with Crippen LogP contribution in [0.15, 0.2) is 203 Å². The molecule has 5 aromatic carbocycles. The van der Waals surface area contributed by atoms with Gasteiger partial charge in [0, 0.05) is 11.8 Å². The Labute approximate surface area is 306 Å². The van der Waals surface area contributed by atoms with Crippen molar-refractivity contribution >= 4 is 33.1 Å². The topological polar surface area (TPSA) is 0 Å². The van der Waals surface area contributed by atoms with Crippen LogP contribution >= 0.6 is 0 Å². The summed E-state index contributed by atoms with van der Waals surface area (Å²) >= 11 is 0. The first-order valence-electron chi connectivity index (χ1n) is 18.9. The molecule has 1 fully saturated rings. The molecule has 0 N–H and O–H groups in total. The summed E-state index contributed by atoms with van der Waals surface area (Å²) in [5.74, 6) is 0.663. The first-order valence-corrected chi connectivity index (χ1v) is 18.9. The molecule has 2 atom stereocenters. The van der Waals surface area contributed by atoms with E-state index in [-0.39, 0.29) is 0 Å². The molecule has 246 valence electrons. The lowest BCUT2D eigenvalue weighted by Gasteiger charge is -2.33. The minimum atomic E-state index is 0.309. The van der Waals surface area contributed by atoms with Gasteiger partial charge in [0.1, 0.15) is 0 Å². The predicted octanol–water partition coefficient (Wildman–Crippen LogP) is 13.3. The van der Waals surface area contributed by atoms with Crippen molar-refractivity contribution in [3.8, 4) is 11.1 Å². The molecule has 2 unspecified atom stereocenters. The van der Waals surface area contributed by atoms with Crippen molar-refractivity contribution in [2.24, 2.45) is 11.8 Å². The van der Waals surface area contributed by atoms with Crippen molar-refractivity contribution in [3.63, 3.8) is 0 Å². The highest BCUT2D eigenvalue weighted by atomic mass is 14.5. The van der Waals surface area contributed by atoms with Gasteiger partial charge in [-0.3, -0.25) is 0 Å². The molecule has 0 heterocycles. The Bertz CT molecular complexity index is 2630. The fourth-order valence-electron chi connectivity index (χ4n) is 10.1. The van der Waals surface area contributed by atoms with E-state index in [4.69, 9.17) is 0 Å². The van der Waals surface area contributed by atoms with Crippen LogP contribution in [-0.2, 0) is 0 Å². The summed E-state index contributed by atoms with van der Waals surface area (Å²) in [5.41, 5.74) is 22.4. The Kier molecular flexibility index (Phi) is 6.74. The largest absolute Gasteiger partial charge is 0.0839 e. The third-order valence-corrected chi connectivity index (χ3v) is 12.2. The first kappa shape index (κ1) is 29.7. The minimum absolute atomic E-state index is 0.309. The summed E-state index contributed by atoms with van der Waals surface area (Å²) in [6.45, 7) is 0. The highest BCUT2D eigenvalue weighted by molar-refractivity contribution is 6.22. The lowest BCUT2D eigenvalue weighted by molar-refractivity contribution is 0.591. The van der Waals surface area contributed by atoms with Gasteiger partial charge < -0.3 is 0 Å². The Morgan fingerprint density at radius 3 is 1.92 bits per heavy atom. The average molecular weight is 663 g/mol. The molecule has 11 rings (SSSR count). The van der Waals surface area contributed by atoms with Gasteiger partial charge in [-0.15, -0.1) is 0 Å². The fraction of sp³-hybridized carbons (Fsp3) is 0.115. The summed E-state index contributed by atoms with van der Waals surface area (Å²) in [4.78, 5) is 0. The molecule has 0 heteroatoms. The smallest absolute Gasteiger partial charge is 0.0206 e. The Balaban J connectivity index is 1.27. The predicted molar refractivity (Wildman–Crippen MR) is 219 cm³/mol. The van der Waals surface area contributed by atoms with Crippen LogP contribution in [0.25, 0.3) is 44.2 Å². The number of rotatable bonds is 3. The molecule has 0 aromatic heterocycles. The molecule has 0 aliphatic heterocycles. The maximum Gasteiger partial charge on any atom is 0.0206 e. The number of fused-ring (bicyclic) bond motifs is 7. The summed E-state index contributed by atoms with van der Waals surface area (Å²) < 4.78 is 0. The van der Waals surface area contributed by atoms with Gasteiger partial charge in [-0.1, -0.05) is 170 Å². The van der Waals surface area contributed by atoms with E-state index in [1.54, 1.807) is 0 Å². The molecule has 0 radical (unpaired) electrons. The minimum Gasteiger partial charge on any atom is -0.0839 e. The van der Waals surface area contributed by atoms with Gasteiger partial charge in [0.25, 0.3) is 0 Å². The molecule has 6 aliphatic carbocycles. The zero-order chi connectivity index (χ0) is 34.2. The number of hydrogen-bond donors (Lipinski definition) is 0. The van der Waals surface area contributed by atoms with E-state index in [9.17, 15) is 0 Å². The molecule has 1 saturated carbocycles. The number of benzene rings is 5. The van der Waals surface area contributed by atoms with E-state index in [0.29, 0.717) is 11.8 Å². The molecule has 0 saturated heterocycles. The zero-order valence-electron chi connectivity index (χ0n) is 29.1. The maximum atomic E-state index is 2.62. The lowest BCUT2D eigenvalue weighted by atomic mass is 9.70. The highest BCUT2D eigenvalue weighted by Gasteiger charge is 2.46. The van der Waals surface area contributed by atoms with Crippen LogP contribution in [0.2, 0.25) is 0 Å². The van der Waals surface area contributed by atoms with Gasteiger partial charge in [-0.2, -0.15) is 0 Å². The van der Waals surface area contributed by atoms with Gasteiger partial charge >= 0.3 is 0 Å². The van der Waals surface area contributed by atoms with E-state index >= 15 is 0 Å². The van der Waals surface area contributed by atoms with E-state index < -0.39 is 0 Å². The molecular weight excluding hydrogens is 625 g/mol. The summed E-state index contributed by atoms with van der Waals surface area (Å²) in [6.07, 6.45) is 23.8. The van der Waals surface area contributed by atoms with Crippen molar-refractivity contribution in [2.45, 2.75) is 25.7 Å². The second-order valence-electron chi connectivity index (χ2n) is 14.9. The molecule has 6 aliphatic rings. The quantitative estimate of drug-likeness (QED) is 0.180. The SMILES string of the molecule is C1=CC2C3=C(C=C4C5=C(c6ccccc6)CC=C6C(=CCC(c7ccccc7-c7ccccc7)=C5C(=C1)C42)c1cccc2cccc6c12)CCC=C3. The van der Waals surface area contributed by atoms with Gasteiger partial charge in [-0.25, -0.2) is 0 Å². The van der Waals surface area contributed by atoms with Gasteiger partial charge in [-0.05, 0) is 126 Å². The van der Waals surface area contributed by atoms with Crippen LogP contribution in [0.3, 0.4) is 0 Å². The van der Waals surface area contributed by atoms with Crippen LogP contribution in [0.5, 0.6) is 0 Å². The van der Waals surface area contributed by atoms with Crippen molar-refractivity contribution < 1.29 is 0 Å². The van der Waals surface area contributed by atoms with Gasteiger partial charge in [0.2, 0.25) is 0 Å². The molecule has 0 spiro atoms. The number of hydrogen-bond acceptors (Lipinski definition) is 0. The standard InChI is InChI=1S/C52H38/c1-3-14-33(15-4-1)37-21-9-10-23-40(37)46-31-30-42-41(44-24-11-19-35-20-12-25-45(42)49(35)44)29-28-39(34-16-5-2-6-17-34)51-48-32-36-18-7-8-22-38(36)43-26-13-27-47(50(43)48)52(46)51/h1-6,8-17,19-27,29-30,32,43,50H,7,18,28,31H2. The Morgan fingerprint density at radius 2 is 1.17 bits per heavy atom. The van der Waals surface area contributed by atoms with Crippen LogP contribution in [0.1, 0.15) is 47.9 Å². The molecule has 5 aromatic rings. The van der Waals surface area contributed by atoms with Gasteiger partial charge in [0.15, 0.2) is 0 Å². The molecule has 52 heavy (non-hydrogen) atoms. The van der Waals surface area contributed by atoms with Crippen molar-refractivity contribution in [1.82, 2.24) is 0 Å². The van der Waals surface area contributed by atoms with Crippen molar-refractivity contribution in [3.05, 3.63) is 226 Å². The van der Waals surface area contributed by atoms with E-state index in [1.807, 2.05) is 0 Å². The summed E-state index contributed by atoms with van der Waals surface area (Å²) in [7, 11) is 0. The summed E-state index contributed by atoms with van der Waals surface area (Å²) in [6, 6.07) is 45.1. The fourth-order valence-corrected chi connectivity index (χ4v) is 10.1. The third kappa shape index (κ3) is 4.40. The zero-order valence-corrected chi connectivity index (χ0v) is 29.1. The third-order valence-electron chi connectivity index (χ3n) is 12.2. The van der Waals surface area contributed by atoms with E-state index in [2.05, 4.69) is 170 Å². The van der Waals surface area contributed by atoms with Crippen molar-refractivity contribution in [1.29, 1.82) is 0 Å². The first-order chi connectivity index (χ1) is 25.8. The average Bonchev–Trinajstić information content (AvgIpc) is 3.70. The van der Waals surface area contributed by atoms with Crippen LogP contribution in [-0.4, -0.2) is 0 Å². The summed E-state index contributed by atoms with van der Waals surface area (Å²) in [5, 5.41) is 2.70. The van der Waals surface area contributed by atoms with Crippen LogP contribution in [0, 0.1) is 11.8 Å². The van der Waals surface area contributed by atoms with Gasteiger partial charge in [0.05, 0.1) is 0 Å². The second-order valence-corrected chi connectivity index (χ2v) is 14.9. The highest BCUT2D eigenvalue weighted by Crippen LogP contribution is 2.60. The lowest BCUT2D eigenvalue weighted by Crippen LogP contribution is -2.22. The second kappa shape index (κ2) is 11.8. The normalized spacial score (nSPS) is 21.2. The van der Waals surface area contributed by atoms with Crippen molar-refractivity contribution in [2.75, 3.05) is 0 Å². The maximum absolute atomic E-state index is 2.62. The molecule has 0 bridgehead atoms. The van der Waals surface area contributed by atoms with Crippen LogP contribution in [0.4, 0.5) is 0 Å². The molecule has 0 amide bonds. The number of allylic oxidation sites excluding steroid dienone is 18. The molecular formula is C52H38. The Morgan fingerprint density at radius 1 is 0.538 bits per heavy atom. The Hall–Kier alpha value is -5.98. The monoisotopic (exact) mass is 662 g/mol. The van der Waals surface area contributed by atoms with E-state index in [1.165, 1.54) is 99.9 Å². The molecule has 0 nitrogen and oxygen atoms in total.